The number of ether oxygens (including phenoxy) is 1. The third kappa shape index (κ3) is 3.77. The maximum atomic E-state index is 9.21. The molecule has 0 heterocycles. The molecule has 2 atom stereocenters. The van der Waals surface area contributed by atoms with Crippen molar-refractivity contribution in [3.05, 3.63) is 0 Å². The van der Waals surface area contributed by atoms with Crippen LogP contribution in [0.3, 0.4) is 0 Å². The zero-order chi connectivity index (χ0) is 12.0. The number of nitrogens with one attached hydrogen (secondary N) is 1. The van der Waals surface area contributed by atoms with Gasteiger partial charge in [0.1, 0.15) is 5.54 Å². The highest BCUT2D eigenvalue weighted by Gasteiger charge is 2.39. The monoisotopic (exact) mass is 224 g/mol. The lowest BCUT2D eigenvalue weighted by atomic mass is 10.00. The summed E-state index contributed by atoms with van der Waals surface area (Å²) in [7, 11) is 0. The van der Waals surface area contributed by atoms with E-state index in [1.165, 1.54) is 0 Å². The summed E-state index contributed by atoms with van der Waals surface area (Å²) in [5.74, 6) is 0.691. The smallest absolute Gasteiger partial charge is 0.109 e. The van der Waals surface area contributed by atoms with Crippen molar-refractivity contribution in [2.45, 2.75) is 58.1 Å². The molecule has 1 rings (SSSR count). The minimum Gasteiger partial charge on any atom is -0.378 e. The van der Waals surface area contributed by atoms with Crippen LogP contribution in [0, 0.1) is 17.2 Å². The number of hydrogen-bond acceptors (Lipinski definition) is 3. The second-order valence-corrected chi connectivity index (χ2v) is 5.14. The number of nitriles is 1. The molecule has 0 aromatic rings. The summed E-state index contributed by atoms with van der Waals surface area (Å²) in [6.45, 7) is 8.14. The molecule has 1 fully saturated rings. The average Bonchev–Trinajstić information content (AvgIpc) is 2.63. The molecule has 0 bridgehead atoms. The van der Waals surface area contributed by atoms with Crippen LogP contribution in [-0.4, -0.2) is 24.8 Å². The van der Waals surface area contributed by atoms with Crippen molar-refractivity contribution in [3.8, 4) is 6.07 Å². The molecule has 0 aromatic heterocycles. The van der Waals surface area contributed by atoms with Crippen LogP contribution in [-0.2, 0) is 4.74 Å². The first-order valence-corrected chi connectivity index (χ1v) is 6.40. The van der Waals surface area contributed by atoms with Gasteiger partial charge in [0.05, 0.1) is 12.2 Å². The van der Waals surface area contributed by atoms with Gasteiger partial charge in [-0.1, -0.05) is 20.8 Å². The Kier molecular flexibility index (Phi) is 5.24. The molecule has 92 valence electrons. The highest BCUT2D eigenvalue weighted by molar-refractivity contribution is 5.12. The van der Waals surface area contributed by atoms with Gasteiger partial charge in [0.15, 0.2) is 0 Å². The summed E-state index contributed by atoms with van der Waals surface area (Å²) in [6.07, 6.45) is 4.16. The van der Waals surface area contributed by atoms with Crippen LogP contribution in [0.2, 0.25) is 0 Å². The normalized spacial score (nSPS) is 29.6. The highest BCUT2D eigenvalue weighted by Crippen LogP contribution is 2.31. The zero-order valence-corrected chi connectivity index (χ0v) is 10.8. The Morgan fingerprint density at radius 1 is 1.56 bits per heavy atom. The summed E-state index contributed by atoms with van der Waals surface area (Å²) in [5.41, 5.74) is -0.322. The van der Waals surface area contributed by atoms with Crippen molar-refractivity contribution in [3.63, 3.8) is 0 Å². The Labute approximate surface area is 99.2 Å². The van der Waals surface area contributed by atoms with Gasteiger partial charge >= 0.3 is 0 Å². The molecule has 0 saturated heterocycles. The molecule has 0 amide bonds. The van der Waals surface area contributed by atoms with Crippen LogP contribution in [0.1, 0.15) is 46.5 Å². The first-order chi connectivity index (χ1) is 7.62. The number of hydrogen-bond donors (Lipinski definition) is 1. The Morgan fingerprint density at radius 2 is 2.31 bits per heavy atom. The maximum absolute atomic E-state index is 9.21. The predicted molar refractivity (Wildman–Crippen MR) is 65.1 cm³/mol. The molecule has 0 aliphatic heterocycles. The molecule has 1 aliphatic rings. The first kappa shape index (κ1) is 13.5. The third-order valence-corrected chi connectivity index (χ3v) is 3.25. The van der Waals surface area contributed by atoms with Gasteiger partial charge in [-0.05, 0) is 31.7 Å². The summed E-state index contributed by atoms with van der Waals surface area (Å²) in [4.78, 5) is 0. The zero-order valence-electron chi connectivity index (χ0n) is 10.8. The van der Waals surface area contributed by atoms with E-state index in [1.807, 2.05) is 6.92 Å². The van der Waals surface area contributed by atoms with Gasteiger partial charge in [-0.3, -0.25) is 5.32 Å². The van der Waals surface area contributed by atoms with Gasteiger partial charge in [-0.15, -0.1) is 0 Å². The van der Waals surface area contributed by atoms with E-state index in [-0.39, 0.29) is 11.6 Å². The molecule has 2 unspecified atom stereocenters. The Hall–Kier alpha value is -0.590. The summed E-state index contributed by atoms with van der Waals surface area (Å²) in [6, 6.07) is 2.42. The summed E-state index contributed by atoms with van der Waals surface area (Å²) in [5, 5.41) is 12.5. The second-order valence-electron chi connectivity index (χ2n) is 5.14. The van der Waals surface area contributed by atoms with Crippen LogP contribution in [0.15, 0.2) is 0 Å². The van der Waals surface area contributed by atoms with Crippen LogP contribution in [0.5, 0.6) is 0 Å². The molecule has 16 heavy (non-hydrogen) atoms. The number of rotatable bonds is 6. The summed E-state index contributed by atoms with van der Waals surface area (Å²) >= 11 is 0. The van der Waals surface area contributed by atoms with Gasteiger partial charge < -0.3 is 4.74 Å². The fraction of sp³-hybridized carbons (Fsp3) is 0.923. The van der Waals surface area contributed by atoms with E-state index in [4.69, 9.17) is 4.74 Å². The van der Waals surface area contributed by atoms with Crippen LogP contribution in [0.25, 0.3) is 0 Å². The highest BCUT2D eigenvalue weighted by atomic mass is 16.5. The van der Waals surface area contributed by atoms with Gasteiger partial charge in [0.2, 0.25) is 0 Å². The van der Waals surface area contributed by atoms with E-state index in [1.54, 1.807) is 0 Å². The van der Waals surface area contributed by atoms with E-state index in [0.717, 1.165) is 38.8 Å². The summed E-state index contributed by atoms with van der Waals surface area (Å²) < 4.78 is 5.83. The van der Waals surface area contributed by atoms with E-state index < -0.39 is 0 Å². The van der Waals surface area contributed by atoms with E-state index in [2.05, 4.69) is 25.2 Å². The van der Waals surface area contributed by atoms with Crippen LogP contribution >= 0.6 is 0 Å². The molecule has 3 heteroatoms. The van der Waals surface area contributed by atoms with Crippen molar-refractivity contribution in [1.82, 2.24) is 5.32 Å². The van der Waals surface area contributed by atoms with Crippen molar-refractivity contribution < 1.29 is 4.74 Å². The largest absolute Gasteiger partial charge is 0.378 e. The fourth-order valence-corrected chi connectivity index (χ4v) is 2.25. The third-order valence-electron chi connectivity index (χ3n) is 3.25. The lowest BCUT2D eigenvalue weighted by molar-refractivity contribution is 0.0480. The SMILES string of the molecule is CCNC1(C#N)CCC(OCCC(C)C)C1. The molecule has 0 spiro atoms. The van der Waals surface area contributed by atoms with E-state index >= 15 is 0 Å². The molecular formula is C13H24N2O. The van der Waals surface area contributed by atoms with E-state index in [0.29, 0.717) is 5.92 Å². The topological polar surface area (TPSA) is 45.0 Å². The maximum Gasteiger partial charge on any atom is 0.109 e. The van der Waals surface area contributed by atoms with Crippen molar-refractivity contribution in [2.24, 2.45) is 5.92 Å². The van der Waals surface area contributed by atoms with Crippen molar-refractivity contribution in [2.75, 3.05) is 13.2 Å². The lowest BCUT2D eigenvalue weighted by Gasteiger charge is -2.21. The Morgan fingerprint density at radius 3 is 2.88 bits per heavy atom. The first-order valence-electron chi connectivity index (χ1n) is 6.40. The molecule has 0 radical (unpaired) electrons. The van der Waals surface area contributed by atoms with Crippen LogP contribution < -0.4 is 5.32 Å². The average molecular weight is 224 g/mol. The van der Waals surface area contributed by atoms with Gasteiger partial charge in [0.25, 0.3) is 0 Å². The molecular weight excluding hydrogens is 200 g/mol. The van der Waals surface area contributed by atoms with Gasteiger partial charge in [0, 0.05) is 13.0 Å². The Balaban J connectivity index is 2.31. The standard InChI is InChI=1S/C13H24N2O/c1-4-15-13(10-14)7-5-12(9-13)16-8-6-11(2)3/h11-12,15H,4-9H2,1-3H3. The minimum atomic E-state index is -0.322. The van der Waals surface area contributed by atoms with Crippen LogP contribution in [0.4, 0.5) is 0 Å². The second kappa shape index (κ2) is 6.22. The van der Waals surface area contributed by atoms with E-state index in [9.17, 15) is 5.26 Å². The minimum absolute atomic E-state index is 0.275. The fourth-order valence-electron chi connectivity index (χ4n) is 2.25. The van der Waals surface area contributed by atoms with Crippen molar-refractivity contribution >= 4 is 0 Å². The molecule has 0 aromatic carbocycles. The molecule has 1 aliphatic carbocycles. The Bertz CT molecular complexity index is 247. The molecule has 1 N–H and O–H groups in total. The van der Waals surface area contributed by atoms with Gasteiger partial charge in [-0.2, -0.15) is 5.26 Å². The van der Waals surface area contributed by atoms with Gasteiger partial charge in [-0.25, -0.2) is 0 Å². The molecule has 1 saturated carbocycles. The van der Waals surface area contributed by atoms with Crippen molar-refractivity contribution in [1.29, 1.82) is 5.26 Å². The molecule has 3 nitrogen and oxygen atoms in total. The predicted octanol–water partition coefficient (Wildman–Crippen LogP) is 2.47. The number of nitrogens with zero attached hydrogens (tertiary/aromatic N) is 1. The quantitative estimate of drug-likeness (QED) is 0.754. The lowest BCUT2D eigenvalue weighted by Crippen LogP contribution is -2.41.